The van der Waals surface area contributed by atoms with E-state index in [1.165, 1.54) is 19.3 Å². The Labute approximate surface area is 161 Å². The number of amides is 3. The molecule has 148 valence electrons. The Hall–Kier alpha value is -1.59. The molecule has 3 amide bonds. The van der Waals surface area contributed by atoms with Gasteiger partial charge in [-0.2, -0.15) is 0 Å². The Morgan fingerprint density at radius 2 is 1.48 bits per heavy atom. The third-order valence-corrected chi connectivity index (χ3v) is 7.88. The van der Waals surface area contributed by atoms with Gasteiger partial charge in [-0.25, -0.2) is 0 Å². The molecule has 4 saturated carbocycles. The lowest BCUT2D eigenvalue weighted by atomic mass is 9.49. The molecule has 0 spiro atoms. The van der Waals surface area contributed by atoms with Gasteiger partial charge < -0.3 is 15.1 Å². The highest BCUT2D eigenvalue weighted by Gasteiger charge is 2.55. The summed E-state index contributed by atoms with van der Waals surface area (Å²) in [5.74, 6) is 2.71. The van der Waals surface area contributed by atoms with E-state index in [0.717, 1.165) is 50.0 Å². The van der Waals surface area contributed by atoms with Gasteiger partial charge in [0.15, 0.2) is 0 Å². The second-order valence-electron chi connectivity index (χ2n) is 9.83. The molecule has 1 N–H and O–H groups in total. The van der Waals surface area contributed by atoms with Crippen LogP contribution in [0, 0.1) is 23.2 Å². The highest BCUT2D eigenvalue weighted by molar-refractivity contribution is 5.91. The van der Waals surface area contributed by atoms with Crippen molar-refractivity contribution < 1.29 is 14.4 Å². The van der Waals surface area contributed by atoms with E-state index in [-0.39, 0.29) is 23.3 Å². The van der Waals surface area contributed by atoms with Gasteiger partial charge >= 0.3 is 0 Å². The fourth-order valence-electron chi connectivity index (χ4n) is 7.07. The number of nitrogens with zero attached hydrogens (tertiary/aromatic N) is 2. The molecule has 0 aromatic carbocycles. The first-order valence-corrected chi connectivity index (χ1v) is 10.9. The van der Waals surface area contributed by atoms with Crippen LogP contribution in [0.4, 0.5) is 0 Å². The van der Waals surface area contributed by atoms with Crippen LogP contribution in [-0.2, 0) is 14.4 Å². The zero-order chi connectivity index (χ0) is 18.6. The minimum Gasteiger partial charge on any atom is -0.344 e. The molecule has 6 rings (SSSR count). The van der Waals surface area contributed by atoms with Gasteiger partial charge in [0.1, 0.15) is 6.04 Å². The Morgan fingerprint density at radius 3 is 2.07 bits per heavy atom. The molecule has 6 fully saturated rings. The Bertz CT molecular complexity index is 626. The quantitative estimate of drug-likeness (QED) is 0.798. The second-order valence-corrected chi connectivity index (χ2v) is 9.83. The molecule has 2 aliphatic heterocycles. The largest absolute Gasteiger partial charge is 0.344 e. The standard InChI is InChI=1S/C21H31N3O3/c25-18-3-2-17(22-18)19(26)23-4-1-5-24(7-6-23)20(27)21-11-14-8-15(12-21)10-16(9-14)13-21/h14-17H,1-13H2,(H,22,25). The van der Waals surface area contributed by atoms with E-state index in [4.69, 9.17) is 0 Å². The molecule has 27 heavy (non-hydrogen) atoms. The predicted octanol–water partition coefficient (Wildman–Crippen LogP) is 1.54. The van der Waals surface area contributed by atoms with Crippen molar-refractivity contribution in [3.05, 3.63) is 0 Å². The summed E-state index contributed by atoms with van der Waals surface area (Å²) >= 11 is 0. The van der Waals surface area contributed by atoms with Crippen molar-refractivity contribution in [2.24, 2.45) is 23.2 Å². The van der Waals surface area contributed by atoms with Crippen LogP contribution >= 0.6 is 0 Å². The van der Waals surface area contributed by atoms with Crippen molar-refractivity contribution in [1.29, 1.82) is 0 Å². The van der Waals surface area contributed by atoms with Crippen LogP contribution in [0.2, 0.25) is 0 Å². The molecule has 4 aliphatic carbocycles. The molecule has 2 saturated heterocycles. The summed E-state index contributed by atoms with van der Waals surface area (Å²) in [5.41, 5.74) is -0.0899. The number of nitrogens with one attached hydrogen (secondary N) is 1. The van der Waals surface area contributed by atoms with Gasteiger partial charge in [0.2, 0.25) is 17.7 Å². The molecule has 6 aliphatic rings. The van der Waals surface area contributed by atoms with Crippen molar-refractivity contribution in [1.82, 2.24) is 15.1 Å². The number of carbonyl (C=O) groups is 3. The fraction of sp³-hybridized carbons (Fsp3) is 0.857. The van der Waals surface area contributed by atoms with Crippen molar-refractivity contribution >= 4 is 17.7 Å². The average Bonchev–Trinajstić information content (AvgIpc) is 2.92. The summed E-state index contributed by atoms with van der Waals surface area (Å²) in [6, 6.07) is -0.358. The molecule has 1 atom stereocenters. The average molecular weight is 373 g/mol. The van der Waals surface area contributed by atoms with E-state index >= 15 is 0 Å². The first-order chi connectivity index (χ1) is 13.0. The van der Waals surface area contributed by atoms with Crippen molar-refractivity contribution in [2.45, 2.75) is 63.8 Å². The zero-order valence-corrected chi connectivity index (χ0v) is 16.1. The topological polar surface area (TPSA) is 69.7 Å². The Balaban J connectivity index is 1.24. The van der Waals surface area contributed by atoms with E-state index < -0.39 is 0 Å². The van der Waals surface area contributed by atoms with Gasteiger partial charge in [-0.3, -0.25) is 14.4 Å². The summed E-state index contributed by atoms with van der Waals surface area (Å²) in [5, 5.41) is 2.78. The minimum absolute atomic E-state index is 0.0261. The van der Waals surface area contributed by atoms with Crippen LogP contribution in [0.1, 0.15) is 57.8 Å². The highest BCUT2D eigenvalue weighted by Crippen LogP contribution is 2.60. The lowest BCUT2D eigenvalue weighted by molar-refractivity contribution is -0.157. The first-order valence-electron chi connectivity index (χ1n) is 10.9. The smallest absolute Gasteiger partial charge is 0.245 e. The minimum atomic E-state index is -0.358. The molecule has 0 radical (unpaired) electrons. The van der Waals surface area contributed by atoms with Gasteiger partial charge in [0.25, 0.3) is 0 Å². The molecule has 6 heteroatoms. The summed E-state index contributed by atoms with van der Waals surface area (Å²) in [4.78, 5) is 41.6. The van der Waals surface area contributed by atoms with Crippen LogP contribution in [0.3, 0.4) is 0 Å². The van der Waals surface area contributed by atoms with Crippen LogP contribution in [-0.4, -0.2) is 59.7 Å². The molecular weight excluding hydrogens is 342 g/mol. The van der Waals surface area contributed by atoms with Crippen LogP contribution < -0.4 is 5.32 Å². The van der Waals surface area contributed by atoms with Crippen molar-refractivity contribution in [3.8, 4) is 0 Å². The monoisotopic (exact) mass is 373 g/mol. The SMILES string of the molecule is O=C1CCC(C(=O)N2CCCN(C(=O)C34CC5CC(CC(C5)C3)C4)CC2)N1. The zero-order valence-electron chi connectivity index (χ0n) is 16.1. The Morgan fingerprint density at radius 1 is 0.889 bits per heavy atom. The molecule has 0 aromatic heterocycles. The number of rotatable bonds is 2. The second kappa shape index (κ2) is 6.49. The molecule has 4 bridgehead atoms. The molecule has 6 nitrogen and oxygen atoms in total. The molecule has 1 unspecified atom stereocenters. The van der Waals surface area contributed by atoms with E-state index in [9.17, 15) is 14.4 Å². The van der Waals surface area contributed by atoms with E-state index in [0.29, 0.717) is 38.4 Å². The fourth-order valence-corrected chi connectivity index (χ4v) is 7.07. The Kier molecular flexibility index (Phi) is 4.21. The number of carbonyl (C=O) groups excluding carboxylic acids is 3. The van der Waals surface area contributed by atoms with E-state index in [1.54, 1.807) is 0 Å². The highest BCUT2D eigenvalue weighted by atomic mass is 16.2. The summed E-state index contributed by atoms with van der Waals surface area (Å²) < 4.78 is 0. The van der Waals surface area contributed by atoms with Crippen molar-refractivity contribution in [2.75, 3.05) is 26.2 Å². The maximum Gasteiger partial charge on any atom is 0.245 e. The van der Waals surface area contributed by atoms with E-state index in [1.807, 2.05) is 4.90 Å². The van der Waals surface area contributed by atoms with Gasteiger partial charge in [-0.05, 0) is 69.1 Å². The first kappa shape index (κ1) is 17.5. The predicted molar refractivity (Wildman–Crippen MR) is 99.5 cm³/mol. The molecule has 0 aromatic rings. The van der Waals surface area contributed by atoms with Gasteiger partial charge in [-0.15, -0.1) is 0 Å². The maximum absolute atomic E-state index is 13.5. The lowest BCUT2D eigenvalue weighted by Crippen LogP contribution is -2.55. The van der Waals surface area contributed by atoms with Crippen molar-refractivity contribution in [3.63, 3.8) is 0 Å². The maximum atomic E-state index is 13.5. The lowest BCUT2D eigenvalue weighted by Gasteiger charge is -2.56. The third-order valence-electron chi connectivity index (χ3n) is 7.88. The van der Waals surface area contributed by atoms with Gasteiger partial charge in [0.05, 0.1) is 5.41 Å². The number of hydrogen-bond acceptors (Lipinski definition) is 3. The number of hydrogen-bond donors (Lipinski definition) is 1. The van der Waals surface area contributed by atoms with Crippen LogP contribution in [0.25, 0.3) is 0 Å². The van der Waals surface area contributed by atoms with Gasteiger partial charge in [0, 0.05) is 32.6 Å². The van der Waals surface area contributed by atoms with E-state index in [2.05, 4.69) is 10.2 Å². The van der Waals surface area contributed by atoms with Gasteiger partial charge in [-0.1, -0.05) is 0 Å². The summed E-state index contributed by atoms with van der Waals surface area (Å²) in [6.07, 6.45) is 9.24. The molecule has 2 heterocycles. The summed E-state index contributed by atoms with van der Waals surface area (Å²) in [7, 11) is 0. The van der Waals surface area contributed by atoms with Crippen LogP contribution in [0.5, 0.6) is 0 Å². The molecular formula is C21H31N3O3. The summed E-state index contributed by atoms with van der Waals surface area (Å²) in [6.45, 7) is 2.70. The third kappa shape index (κ3) is 3.05. The normalized spacial score (nSPS) is 40.8. The van der Waals surface area contributed by atoms with Crippen LogP contribution in [0.15, 0.2) is 0 Å².